The lowest BCUT2D eigenvalue weighted by Gasteiger charge is -2.45. The predicted molar refractivity (Wildman–Crippen MR) is 114 cm³/mol. The van der Waals surface area contributed by atoms with Gasteiger partial charge in [0.2, 0.25) is 0 Å². The SMILES string of the molecule is Cc1cc(N2CCC3(CCCCC3)CC2)ccc1C=Nc1ccc(O)cc1. The highest BCUT2D eigenvalue weighted by Crippen LogP contribution is 2.45. The van der Waals surface area contributed by atoms with Gasteiger partial charge in [-0.15, -0.1) is 0 Å². The number of hydrogen-bond acceptors (Lipinski definition) is 3. The summed E-state index contributed by atoms with van der Waals surface area (Å²) >= 11 is 0. The van der Waals surface area contributed by atoms with Gasteiger partial charge >= 0.3 is 0 Å². The van der Waals surface area contributed by atoms with E-state index in [1.807, 2.05) is 18.3 Å². The van der Waals surface area contributed by atoms with Crippen LogP contribution in [-0.4, -0.2) is 24.4 Å². The van der Waals surface area contributed by atoms with Gasteiger partial charge < -0.3 is 10.0 Å². The van der Waals surface area contributed by atoms with Crippen molar-refractivity contribution in [1.29, 1.82) is 0 Å². The number of aliphatic imine (C=N–C) groups is 1. The summed E-state index contributed by atoms with van der Waals surface area (Å²) in [6.07, 6.45) is 11.9. The first-order valence-corrected chi connectivity index (χ1v) is 10.3. The molecule has 1 spiro atoms. The normalized spacial score (nSPS) is 19.7. The Morgan fingerprint density at radius 2 is 1.63 bits per heavy atom. The monoisotopic (exact) mass is 362 g/mol. The van der Waals surface area contributed by atoms with Gasteiger partial charge in [0.15, 0.2) is 0 Å². The average Bonchev–Trinajstić information content (AvgIpc) is 2.69. The van der Waals surface area contributed by atoms with Gasteiger partial charge in [0, 0.05) is 25.0 Å². The largest absolute Gasteiger partial charge is 0.508 e. The lowest BCUT2D eigenvalue weighted by Crippen LogP contribution is -2.41. The molecule has 1 aliphatic carbocycles. The van der Waals surface area contributed by atoms with E-state index in [1.54, 1.807) is 12.1 Å². The number of benzene rings is 2. The molecule has 4 rings (SSSR count). The van der Waals surface area contributed by atoms with Crippen LogP contribution in [0.25, 0.3) is 0 Å². The van der Waals surface area contributed by atoms with Gasteiger partial charge in [-0.2, -0.15) is 0 Å². The van der Waals surface area contributed by atoms with Crippen LogP contribution >= 0.6 is 0 Å². The molecule has 0 aromatic heterocycles. The zero-order chi connectivity index (χ0) is 18.7. The van der Waals surface area contributed by atoms with Crippen LogP contribution < -0.4 is 4.90 Å². The predicted octanol–water partition coefficient (Wildman–Crippen LogP) is 6.00. The zero-order valence-corrected chi connectivity index (χ0v) is 16.3. The molecule has 27 heavy (non-hydrogen) atoms. The van der Waals surface area contributed by atoms with Crippen LogP contribution in [0.15, 0.2) is 47.5 Å². The molecule has 2 aromatic carbocycles. The highest BCUT2D eigenvalue weighted by molar-refractivity contribution is 5.84. The molecule has 0 atom stereocenters. The number of aromatic hydroxyl groups is 1. The van der Waals surface area contributed by atoms with E-state index in [0.717, 1.165) is 11.3 Å². The molecule has 0 bridgehead atoms. The van der Waals surface area contributed by atoms with Gasteiger partial charge in [-0.1, -0.05) is 25.3 Å². The third-order valence-corrected chi connectivity index (χ3v) is 6.56. The Morgan fingerprint density at radius 3 is 2.30 bits per heavy atom. The first-order valence-electron chi connectivity index (χ1n) is 10.3. The maximum atomic E-state index is 9.37. The Labute approximate surface area is 162 Å². The minimum atomic E-state index is 0.269. The lowest BCUT2D eigenvalue weighted by atomic mass is 9.68. The minimum absolute atomic E-state index is 0.269. The second-order valence-corrected chi connectivity index (χ2v) is 8.36. The van der Waals surface area contributed by atoms with Crippen LogP contribution in [0.4, 0.5) is 11.4 Å². The van der Waals surface area contributed by atoms with Gasteiger partial charge in [-0.25, -0.2) is 0 Å². The van der Waals surface area contributed by atoms with Crippen LogP contribution in [0, 0.1) is 12.3 Å². The fourth-order valence-electron chi connectivity index (χ4n) is 4.73. The Balaban J connectivity index is 1.42. The van der Waals surface area contributed by atoms with Crippen molar-refractivity contribution in [3.05, 3.63) is 53.6 Å². The molecule has 0 amide bonds. The molecule has 0 unspecified atom stereocenters. The summed E-state index contributed by atoms with van der Waals surface area (Å²) in [6.45, 7) is 4.55. The zero-order valence-electron chi connectivity index (χ0n) is 16.3. The van der Waals surface area contributed by atoms with Crippen LogP contribution in [0.3, 0.4) is 0 Å². The second-order valence-electron chi connectivity index (χ2n) is 8.36. The van der Waals surface area contributed by atoms with Crippen LogP contribution in [0.5, 0.6) is 5.75 Å². The van der Waals surface area contributed by atoms with E-state index in [2.05, 4.69) is 35.0 Å². The molecule has 2 aromatic rings. The Bertz CT molecular complexity index is 794. The van der Waals surface area contributed by atoms with E-state index in [1.165, 1.54) is 69.3 Å². The molecular formula is C24H30N2O. The molecule has 3 nitrogen and oxygen atoms in total. The van der Waals surface area contributed by atoms with Gasteiger partial charge in [0.1, 0.15) is 5.75 Å². The van der Waals surface area contributed by atoms with E-state index in [4.69, 9.17) is 0 Å². The van der Waals surface area contributed by atoms with Crippen molar-refractivity contribution in [2.45, 2.75) is 51.9 Å². The van der Waals surface area contributed by atoms with Crippen molar-refractivity contribution >= 4 is 17.6 Å². The van der Waals surface area contributed by atoms with Crippen molar-refractivity contribution in [2.75, 3.05) is 18.0 Å². The topological polar surface area (TPSA) is 35.8 Å². The summed E-state index contributed by atoms with van der Waals surface area (Å²) in [5.41, 5.74) is 5.26. The molecule has 3 heteroatoms. The summed E-state index contributed by atoms with van der Waals surface area (Å²) in [5.74, 6) is 0.269. The van der Waals surface area contributed by atoms with E-state index in [-0.39, 0.29) is 5.75 Å². The molecule has 0 radical (unpaired) electrons. The lowest BCUT2D eigenvalue weighted by molar-refractivity contribution is 0.144. The van der Waals surface area contributed by atoms with Crippen LogP contribution in [0.2, 0.25) is 0 Å². The quantitative estimate of drug-likeness (QED) is 0.680. The fraction of sp³-hybridized carbons (Fsp3) is 0.458. The number of phenols is 1. The minimum Gasteiger partial charge on any atom is -0.508 e. The maximum absolute atomic E-state index is 9.37. The number of piperidine rings is 1. The molecule has 1 aliphatic heterocycles. The number of nitrogens with zero attached hydrogens (tertiary/aromatic N) is 2. The second kappa shape index (κ2) is 7.75. The molecule has 1 N–H and O–H groups in total. The van der Waals surface area contributed by atoms with Crippen LogP contribution in [0.1, 0.15) is 56.1 Å². The van der Waals surface area contributed by atoms with E-state index >= 15 is 0 Å². The first-order chi connectivity index (χ1) is 13.1. The summed E-state index contributed by atoms with van der Waals surface area (Å²) in [5, 5.41) is 9.37. The van der Waals surface area contributed by atoms with Crippen molar-refractivity contribution in [1.82, 2.24) is 0 Å². The molecule has 2 aliphatic rings. The number of hydrogen-bond donors (Lipinski definition) is 1. The van der Waals surface area contributed by atoms with Crippen molar-refractivity contribution in [3.63, 3.8) is 0 Å². The molecule has 142 valence electrons. The first kappa shape index (κ1) is 18.1. The number of phenolic OH excluding ortho intramolecular Hbond substituents is 1. The highest BCUT2D eigenvalue weighted by atomic mass is 16.3. The highest BCUT2D eigenvalue weighted by Gasteiger charge is 2.35. The van der Waals surface area contributed by atoms with E-state index in [9.17, 15) is 5.11 Å². The average molecular weight is 363 g/mol. The van der Waals surface area contributed by atoms with E-state index < -0.39 is 0 Å². The number of aryl methyl sites for hydroxylation is 1. The molecule has 1 heterocycles. The van der Waals surface area contributed by atoms with E-state index in [0.29, 0.717) is 5.41 Å². The smallest absolute Gasteiger partial charge is 0.115 e. The van der Waals surface area contributed by atoms with Crippen molar-refractivity contribution < 1.29 is 5.11 Å². The van der Waals surface area contributed by atoms with Crippen LogP contribution in [-0.2, 0) is 0 Å². The summed E-state index contributed by atoms with van der Waals surface area (Å²) in [4.78, 5) is 7.09. The molecular weight excluding hydrogens is 332 g/mol. The summed E-state index contributed by atoms with van der Waals surface area (Å²) in [6, 6.07) is 13.7. The Hall–Kier alpha value is -2.29. The summed E-state index contributed by atoms with van der Waals surface area (Å²) < 4.78 is 0. The standard InChI is InChI=1S/C24H30N2O/c1-19-17-22(26-15-13-24(14-16-26)11-3-2-4-12-24)8-5-20(19)18-25-21-6-9-23(27)10-7-21/h5-10,17-18,27H,2-4,11-16H2,1H3. The molecule has 1 saturated heterocycles. The fourth-order valence-corrected chi connectivity index (χ4v) is 4.73. The Kier molecular flexibility index (Phi) is 5.20. The third-order valence-electron chi connectivity index (χ3n) is 6.56. The number of anilines is 1. The third kappa shape index (κ3) is 4.18. The molecule has 2 fully saturated rings. The van der Waals surface area contributed by atoms with Crippen molar-refractivity contribution in [2.24, 2.45) is 10.4 Å². The van der Waals surface area contributed by atoms with Gasteiger partial charge in [-0.3, -0.25) is 4.99 Å². The maximum Gasteiger partial charge on any atom is 0.115 e. The summed E-state index contributed by atoms with van der Waals surface area (Å²) in [7, 11) is 0. The van der Waals surface area contributed by atoms with Gasteiger partial charge in [-0.05, 0) is 85.5 Å². The van der Waals surface area contributed by atoms with Gasteiger partial charge in [0.25, 0.3) is 0 Å². The van der Waals surface area contributed by atoms with Gasteiger partial charge in [0.05, 0.1) is 5.69 Å². The Morgan fingerprint density at radius 1 is 0.926 bits per heavy atom. The number of rotatable bonds is 3. The van der Waals surface area contributed by atoms with Crippen molar-refractivity contribution in [3.8, 4) is 5.75 Å². The molecule has 1 saturated carbocycles.